The SMILES string of the molecule is COc1cc(NC(=O)NCCc2cccc(Cl)c2)c(OC)cc1Cl. The molecule has 0 aliphatic rings. The number of benzene rings is 2. The summed E-state index contributed by atoms with van der Waals surface area (Å²) in [6.07, 6.45) is 0.676. The van der Waals surface area contributed by atoms with Crippen molar-refractivity contribution in [2.75, 3.05) is 26.1 Å². The summed E-state index contributed by atoms with van der Waals surface area (Å²) in [5.41, 5.74) is 1.52. The highest BCUT2D eigenvalue weighted by Crippen LogP contribution is 2.35. The van der Waals surface area contributed by atoms with Crippen molar-refractivity contribution in [2.45, 2.75) is 6.42 Å². The number of rotatable bonds is 6. The average molecular weight is 369 g/mol. The van der Waals surface area contributed by atoms with Crippen molar-refractivity contribution in [3.63, 3.8) is 0 Å². The molecule has 7 heteroatoms. The maximum absolute atomic E-state index is 12.0. The molecule has 2 aromatic rings. The molecule has 5 nitrogen and oxygen atoms in total. The van der Waals surface area contributed by atoms with E-state index in [4.69, 9.17) is 32.7 Å². The fourth-order valence-corrected chi connectivity index (χ4v) is 2.58. The number of nitrogens with one attached hydrogen (secondary N) is 2. The Morgan fingerprint density at radius 2 is 1.83 bits per heavy atom. The second-order valence-electron chi connectivity index (χ2n) is 4.95. The zero-order chi connectivity index (χ0) is 17.5. The Kier molecular flexibility index (Phi) is 6.58. The molecule has 2 N–H and O–H groups in total. The molecule has 0 fully saturated rings. The van der Waals surface area contributed by atoms with Crippen molar-refractivity contribution in [1.82, 2.24) is 5.32 Å². The van der Waals surface area contributed by atoms with Crippen molar-refractivity contribution in [3.05, 3.63) is 52.0 Å². The van der Waals surface area contributed by atoms with E-state index in [0.29, 0.717) is 40.2 Å². The van der Waals surface area contributed by atoms with Gasteiger partial charge < -0.3 is 20.1 Å². The quantitative estimate of drug-likeness (QED) is 0.795. The lowest BCUT2D eigenvalue weighted by Gasteiger charge is -2.13. The van der Waals surface area contributed by atoms with Gasteiger partial charge in [-0.1, -0.05) is 35.3 Å². The molecule has 0 aromatic heterocycles. The van der Waals surface area contributed by atoms with E-state index < -0.39 is 0 Å². The molecule has 0 radical (unpaired) electrons. The molecule has 0 bridgehead atoms. The van der Waals surface area contributed by atoms with Crippen LogP contribution in [0.5, 0.6) is 11.5 Å². The molecule has 0 saturated heterocycles. The molecule has 2 amide bonds. The first-order valence-corrected chi connectivity index (χ1v) is 8.00. The van der Waals surface area contributed by atoms with Gasteiger partial charge >= 0.3 is 6.03 Å². The first-order valence-electron chi connectivity index (χ1n) is 7.24. The Morgan fingerprint density at radius 1 is 1.08 bits per heavy atom. The largest absolute Gasteiger partial charge is 0.495 e. The molecule has 0 unspecified atom stereocenters. The molecular formula is C17H18Cl2N2O3. The number of hydrogen-bond acceptors (Lipinski definition) is 3. The Morgan fingerprint density at radius 3 is 2.50 bits per heavy atom. The van der Waals surface area contributed by atoms with E-state index in [1.54, 1.807) is 12.1 Å². The molecule has 0 spiro atoms. The van der Waals surface area contributed by atoms with Crippen LogP contribution in [-0.4, -0.2) is 26.8 Å². The number of anilines is 1. The minimum absolute atomic E-state index is 0.347. The highest BCUT2D eigenvalue weighted by Gasteiger charge is 2.12. The maximum Gasteiger partial charge on any atom is 0.319 e. The van der Waals surface area contributed by atoms with Crippen molar-refractivity contribution in [1.29, 1.82) is 0 Å². The van der Waals surface area contributed by atoms with Gasteiger partial charge in [-0.05, 0) is 24.1 Å². The van der Waals surface area contributed by atoms with Gasteiger partial charge in [0.1, 0.15) is 11.5 Å². The van der Waals surface area contributed by atoms with E-state index >= 15 is 0 Å². The molecule has 0 aliphatic carbocycles. The number of carbonyl (C=O) groups is 1. The van der Waals surface area contributed by atoms with Crippen molar-refractivity contribution >= 4 is 34.9 Å². The average Bonchev–Trinajstić information content (AvgIpc) is 2.56. The number of halogens is 2. The van der Waals surface area contributed by atoms with Gasteiger partial charge in [0, 0.05) is 23.7 Å². The third-order valence-corrected chi connectivity index (χ3v) is 3.84. The Bertz CT molecular complexity index is 723. The van der Waals surface area contributed by atoms with E-state index in [0.717, 1.165) is 5.56 Å². The van der Waals surface area contributed by atoms with Gasteiger partial charge in [-0.25, -0.2) is 4.79 Å². The minimum Gasteiger partial charge on any atom is -0.495 e. The predicted molar refractivity (Wildman–Crippen MR) is 96.7 cm³/mol. The lowest BCUT2D eigenvalue weighted by atomic mass is 10.1. The van der Waals surface area contributed by atoms with Gasteiger partial charge in [0.15, 0.2) is 0 Å². The summed E-state index contributed by atoms with van der Waals surface area (Å²) in [6, 6.07) is 10.4. The van der Waals surface area contributed by atoms with E-state index in [-0.39, 0.29) is 6.03 Å². The smallest absolute Gasteiger partial charge is 0.319 e. The number of amides is 2. The summed E-state index contributed by atoms with van der Waals surface area (Å²) in [4.78, 5) is 12.0. The van der Waals surface area contributed by atoms with Gasteiger partial charge in [0.2, 0.25) is 0 Å². The van der Waals surface area contributed by atoms with Gasteiger partial charge in [-0.15, -0.1) is 0 Å². The van der Waals surface area contributed by atoms with Crippen LogP contribution in [0.25, 0.3) is 0 Å². The van der Waals surface area contributed by atoms with Crippen LogP contribution in [0.1, 0.15) is 5.56 Å². The maximum atomic E-state index is 12.0. The van der Waals surface area contributed by atoms with Crippen molar-refractivity contribution in [3.8, 4) is 11.5 Å². The second-order valence-corrected chi connectivity index (χ2v) is 5.79. The Balaban J connectivity index is 1.94. The predicted octanol–water partition coefficient (Wildman–Crippen LogP) is 4.37. The fourth-order valence-electron chi connectivity index (χ4n) is 2.14. The molecule has 0 heterocycles. The second kappa shape index (κ2) is 8.66. The molecule has 0 saturated carbocycles. The van der Waals surface area contributed by atoms with Crippen LogP contribution < -0.4 is 20.1 Å². The number of ether oxygens (including phenoxy) is 2. The molecule has 2 rings (SSSR count). The Hall–Kier alpha value is -2.11. The van der Waals surface area contributed by atoms with Crippen LogP contribution >= 0.6 is 23.2 Å². The summed E-state index contributed by atoms with van der Waals surface area (Å²) in [6.45, 7) is 0.471. The van der Waals surface area contributed by atoms with E-state index in [1.165, 1.54) is 14.2 Å². The van der Waals surface area contributed by atoms with E-state index in [9.17, 15) is 4.79 Å². The lowest BCUT2D eigenvalue weighted by Crippen LogP contribution is -2.30. The third-order valence-electron chi connectivity index (χ3n) is 3.31. The van der Waals surface area contributed by atoms with Gasteiger partial charge in [-0.2, -0.15) is 0 Å². The summed E-state index contributed by atoms with van der Waals surface area (Å²) < 4.78 is 10.4. The lowest BCUT2D eigenvalue weighted by molar-refractivity contribution is 0.252. The first kappa shape index (κ1) is 18.2. The summed E-state index contributed by atoms with van der Waals surface area (Å²) in [5.74, 6) is 0.900. The fraction of sp³-hybridized carbons (Fsp3) is 0.235. The van der Waals surface area contributed by atoms with Crippen molar-refractivity contribution < 1.29 is 14.3 Å². The number of carbonyl (C=O) groups excluding carboxylic acids is 1. The van der Waals surface area contributed by atoms with Crippen molar-refractivity contribution in [2.24, 2.45) is 0 Å². The molecule has 0 aliphatic heterocycles. The minimum atomic E-state index is -0.347. The number of urea groups is 1. The summed E-state index contributed by atoms with van der Waals surface area (Å²) in [5, 5.41) is 6.58. The van der Waals surface area contributed by atoms with Crippen LogP contribution in [-0.2, 0) is 6.42 Å². The molecule has 128 valence electrons. The highest BCUT2D eigenvalue weighted by atomic mass is 35.5. The van der Waals surface area contributed by atoms with Gasteiger partial charge in [-0.3, -0.25) is 0 Å². The molecule has 24 heavy (non-hydrogen) atoms. The number of hydrogen-bond donors (Lipinski definition) is 2. The highest BCUT2D eigenvalue weighted by molar-refractivity contribution is 6.32. The van der Waals surface area contributed by atoms with Crippen LogP contribution in [0.15, 0.2) is 36.4 Å². The Labute approximate surface area is 150 Å². The monoisotopic (exact) mass is 368 g/mol. The van der Waals surface area contributed by atoms with Gasteiger partial charge in [0.25, 0.3) is 0 Å². The van der Waals surface area contributed by atoms with Crippen LogP contribution in [0.3, 0.4) is 0 Å². The number of methoxy groups -OCH3 is 2. The summed E-state index contributed by atoms with van der Waals surface area (Å²) in [7, 11) is 3.00. The standard InChI is InChI=1S/C17H18Cl2N2O3/c1-23-15-10-14(16(24-2)9-13(15)19)21-17(22)20-7-6-11-4-3-5-12(18)8-11/h3-5,8-10H,6-7H2,1-2H3,(H2,20,21,22). The van der Waals surface area contributed by atoms with E-state index in [2.05, 4.69) is 10.6 Å². The van der Waals surface area contributed by atoms with E-state index in [1.807, 2.05) is 24.3 Å². The van der Waals surface area contributed by atoms with Crippen LogP contribution in [0, 0.1) is 0 Å². The first-order chi connectivity index (χ1) is 11.5. The molecule has 0 atom stereocenters. The van der Waals surface area contributed by atoms with Crippen LogP contribution in [0.4, 0.5) is 10.5 Å². The topological polar surface area (TPSA) is 59.6 Å². The normalized spacial score (nSPS) is 10.2. The molecular weight excluding hydrogens is 351 g/mol. The van der Waals surface area contributed by atoms with Crippen LogP contribution in [0.2, 0.25) is 10.0 Å². The zero-order valence-corrected chi connectivity index (χ0v) is 14.9. The third kappa shape index (κ3) is 4.94. The zero-order valence-electron chi connectivity index (χ0n) is 13.4. The molecule has 2 aromatic carbocycles. The van der Waals surface area contributed by atoms with Gasteiger partial charge in [0.05, 0.1) is 24.9 Å². The summed E-state index contributed by atoms with van der Waals surface area (Å²) >= 11 is 12.0.